The average Bonchev–Trinajstić information content (AvgIpc) is 2.21. The van der Waals surface area contributed by atoms with Crippen LogP contribution in [-0.4, -0.2) is 19.1 Å². The van der Waals surface area contributed by atoms with Crippen LogP contribution in [0.15, 0.2) is 18.3 Å². The van der Waals surface area contributed by atoms with Gasteiger partial charge in [-0.15, -0.1) is 0 Å². The van der Waals surface area contributed by atoms with Crippen LogP contribution >= 0.6 is 0 Å². The molecule has 0 atom stereocenters. The number of hydrogen-bond acceptors (Lipinski definition) is 4. The van der Waals surface area contributed by atoms with Gasteiger partial charge in [-0.2, -0.15) is 5.26 Å². The molecule has 0 saturated heterocycles. The molecular weight excluding hydrogens is 152 g/mol. The van der Waals surface area contributed by atoms with E-state index < -0.39 is 0 Å². The van der Waals surface area contributed by atoms with Gasteiger partial charge in [0.2, 0.25) is 0 Å². The van der Waals surface area contributed by atoms with Gasteiger partial charge in [0.1, 0.15) is 11.9 Å². The maximum absolute atomic E-state index is 8.39. The van der Waals surface area contributed by atoms with Crippen molar-refractivity contribution in [2.75, 3.05) is 19.4 Å². The Balaban J connectivity index is 0.000000561. The molecule has 4 nitrogen and oxygen atoms in total. The summed E-state index contributed by atoms with van der Waals surface area (Å²) in [4.78, 5) is 3.93. The Bertz CT molecular complexity index is 247. The van der Waals surface area contributed by atoms with Crippen LogP contribution in [0.3, 0.4) is 0 Å². The smallest absolute Gasteiger partial charge is 0.125 e. The summed E-state index contributed by atoms with van der Waals surface area (Å²) in [7, 11) is 3.29. The number of anilines is 1. The lowest BCUT2D eigenvalue weighted by atomic mass is 10.3. The molecule has 0 amide bonds. The van der Waals surface area contributed by atoms with Crippen molar-refractivity contribution in [2.24, 2.45) is 5.73 Å². The summed E-state index contributed by atoms with van der Waals surface area (Å²) in [6.45, 7) is 0. The summed E-state index contributed by atoms with van der Waals surface area (Å²) >= 11 is 0. The van der Waals surface area contributed by atoms with E-state index in [0.29, 0.717) is 5.56 Å². The predicted octanol–water partition coefficient (Wildman–Crippen LogP) is 0.570. The van der Waals surface area contributed by atoms with Gasteiger partial charge in [-0.3, -0.25) is 0 Å². The van der Waals surface area contributed by atoms with E-state index >= 15 is 0 Å². The molecule has 64 valence electrons. The van der Waals surface area contributed by atoms with E-state index in [0.717, 1.165) is 5.82 Å². The zero-order valence-corrected chi connectivity index (χ0v) is 7.20. The molecule has 4 heteroatoms. The minimum atomic E-state index is 0.582. The summed E-state index contributed by atoms with van der Waals surface area (Å²) in [5, 5.41) is 11.2. The van der Waals surface area contributed by atoms with Crippen molar-refractivity contribution in [3.05, 3.63) is 23.9 Å². The summed E-state index contributed by atoms with van der Waals surface area (Å²) in [6, 6.07) is 5.47. The van der Waals surface area contributed by atoms with Gasteiger partial charge in [-0.05, 0) is 19.2 Å². The van der Waals surface area contributed by atoms with Crippen molar-refractivity contribution in [2.45, 2.75) is 0 Å². The number of nitrogens with two attached hydrogens (primary N) is 1. The number of aromatic nitrogens is 1. The van der Waals surface area contributed by atoms with Crippen LogP contribution in [0, 0.1) is 11.3 Å². The molecular formula is C8H12N4. The highest BCUT2D eigenvalue weighted by Crippen LogP contribution is 2.01. The summed E-state index contributed by atoms with van der Waals surface area (Å²) in [5.74, 6) is 0.777. The second-order valence-electron chi connectivity index (χ2n) is 1.79. The third kappa shape index (κ3) is 2.99. The van der Waals surface area contributed by atoms with Crippen LogP contribution in [0.2, 0.25) is 0 Å². The highest BCUT2D eigenvalue weighted by atomic mass is 14.9. The summed E-state index contributed by atoms with van der Waals surface area (Å²) < 4.78 is 0. The molecule has 0 aliphatic heterocycles. The van der Waals surface area contributed by atoms with Gasteiger partial charge in [0, 0.05) is 13.2 Å². The van der Waals surface area contributed by atoms with E-state index in [9.17, 15) is 0 Å². The van der Waals surface area contributed by atoms with E-state index in [1.54, 1.807) is 19.2 Å². The Morgan fingerprint density at radius 3 is 2.50 bits per heavy atom. The molecule has 0 unspecified atom stereocenters. The molecule has 0 aliphatic carbocycles. The SMILES string of the molecule is CN.CNc1ccc(C#N)cn1. The molecule has 0 saturated carbocycles. The summed E-state index contributed by atoms with van der Waals surface area (Å²) in [5.41, 5.74) is 5.08. The number of nitrogens with zero attached hydrogens (tertiary/aromatic N) is 2. The molecule has 0 radical (unpaired) electrons. The standard InChI is InChI=1S/C7H7N3.CH5N/c1-9-7-3-2-6(4-8)5-10-7;1-2/h2-3,5H,1H3,(H,9,10);2H2,1H3. The quantitative estimate of drug-likeness (QED) is 0.636. The zero-order valence-electron chi connectivity index (χ0n) is 7.20. The van der Waals surface area contributed by atoms with Crippen LogP contribution in [0.4, 0.5) is 5.82 Å². The maximum atomic E-state index is 8.39. The lowest BCUT2D eigenvalue weighted by Gasteiger charge is -1.95. The molecule has 3 N–H and O–H groups in total. The monoisotopic (exact) mass is 164 g/mol. The first-order chi connectivity index (χ1) is 5.86. The lowest BCUT2D eigenvalue weighted by molar-refractivity contribution is 1.27. The third-order valence-electron chi connectivity index (χ3n) is 1.15. The number of nitrogens with one attached hydrogen (secondary N) is 1. The van der Waals surface area contributed by atoms with Gasteiger partial charge in [-0.25, -0.2) is 4.98 Å². The van der Waals surface area contributed by atoms with Gasteiger partial charge in [0.15, 0.2) is 0 Å². The predicted molar refractivity (Wildman–Crippen MR) is 48.6 cm³/mol. The maximum Gasteiger partial charge on any atom is 0.125 e. The fraction of sp³-hybridized carbons (Fsp3) is 0.250. The Labute approximate surface area is 72.0 Å². The Hall–Kier alpha value is -1.60. The first-order valence-corrected chi connectivity index (χ1v) is 3.48. The van der Waals surface area contributed by atoms with Crippen molar-refractivity contribution in [3.63, 3.8) is 0 Å². The summed E-state index contributed by atoms with van der Waals surface area (Å²) in [6.07, 6.45) is 1.53. The van der Waals surface area contributed by atoms with Crippen LogP contribution in [-0.2, 0) is 0 Å². The largest absolute Gasteiger partial charge is 0.373 e. The molecule has 1 aromatic heterocycles. The fourth-order valence-electron chi connectivity index (χ4n) is 0.608. The van der Waals surface area contributed by atoms with Crippen LogP contribution in [0.1, 0.15) is 5.56 Å². The highest BCUT2D eigenvalue weighted by Gasteiger charge is 1.89. The average molecular weight is 164 g/mol. The molecule has 1 rings (SSSR count). The van der Waals surface area contributed by atoms with Crippen molar-refractivity contribution in [3.8, 4) is 6.07 Å². The van der Waals surface area contributed by atoms with Crippen molar-refractivity contribution < 1.29 is 0 Å². The minimum Gasteiger partial charge on any atom is -0.373 e. The van der Waals surface area contributed by atoms with Crippen molar-refractivity contribution in [1.29, 1.82) is 5.26 Å². The molecule has 0 aromatic carbocycles. The van der Waals surface area contributed by atoms with Crippen molar-refractivity contribution >= 4 is 5.82 Å². The van der Waals surface area contributed by atoms with Gasteiger partial charge in [0.05, 0.1) is 5.56 Å². The molecule has 1 heterocycles. The number of nitriles is 1. The van der Waals surface area contributed by atoms with Gasteiger partial charge in [-0.1, -0.05) is 0 Å². The second-order valence-corrected chi connectivity index (χ2v) is 1.79. The number of rotatable bonds is 1. The van der Waals surface area contributed by atoms with E-state index in [1.807, 2.05) is 6.07 Å². The molecule has 0 spiro atoms. The van der Waals surface area contributed by atoms with E-state index in [2.05, 4.69) is 16.0 Å². The molecule has 0 fully saturated rings. The normalized spacial score (nSPS) is 7.50. The topological polar surface area (TPSA) is 74.7 Å². The van der Waals surface area contributed by atoms with E-state index in [-0.39, 0.29) is 0 Å². The molecule has 0 aliphatic rings. The molecule has 0 bridgehead atoms. The van der Waals surface area contributed by atoms with Gasteiger partial charge in [0.25, 0.3) is 0 Å². The Morgan fingerprint density at radius 1 is 1.50 bits per heavy atom. The third-order valence-corrected chi connectivity index (χ3v) is 1.15. The van der Waals surface area contributed by atoms with Crippen LogP contribution in [0.25, 0.3) is 0 Å². The molecule has 1 aromatic rings. The van der Waals surface area contributed by atoms with Crippen LogP contribution < -0.4 is 11.1 Å². The van der Waals surface area contributed by atoms with Crippen LogP contribution in [0.5, 0.6) is 0 Å². The highest BCUT2D eigenvalue weighted by molar-refractivity contribution is 5.38. The zero-order chi connectivity index (χ0) is 9.40. The van der Waals surface area contributed by atoms with E-state index in [4.69, 9.17) is 5.26 Å². The first-order valence-electron chi connectivity index (χ1n) is 3.48. The lowest BCUT2D eigenvalue weighted by Crippen LogP contribution is -1.90. The fourth-order valence-corrected chi connectivity index (χ4v) is 0.608. The first kappa shape index (κ1) is 10.4. The Kier molecular flexibility index (Phi) is 5.31. The van der Waals surface area contributed by atoms with Gasteiger partial charge >= 0.3 is 0 Å². The van der Waals surface area contributed by atoms with E-state index in [1.165, 1.54) is 13.2 Å². The van der Waals surface area contributed by atoms with Crippen molar-refractivity contribution in [1.82, 2.24) is 4.98 Å². The second kappa shape index (κ2) is 6.13. The molecule has 12 heavy (non-hydrogen) atoms. The number of hydrogen-bond donors (Lipinski definition) is 2. The van der Waals surface area contributed by atoms with Gasteiger partial charge < -0.3 is 11.1 Å². The number of pyridine rings is 1. The Morgan fingerprint density at radius 2 is 2.17 bits per heavy atom. The minimum absolute atomic E-state index is 0.582.